The molecule has 3 aromatic carbocycles. The largest absolute Gasteiger partial charge is 0.497 e. The van der Waals surface area contributed by atoms with E-state index in [0.717, 1.165) is 5.56 Å². The van der Waals surface area contributed by atoms with Gasteiger partial charge in [-0.1, -0.05) is 6.07 Å². The molecular weight excluding hydrogens is 458 g/mol. The van der Waals surface area contributed by atoms with Crippen molar-refractivity contribution in [2.24, 2.45) is 0 Å². The second kappa shape index (κ2) is 9.14. The Morgan fingerprint density at radius 2 is 1.85 bits per heavy atom. The van der Waals surface area contributed by atoms with Crippen LogP contribution in [0.15, 0.2) is 65.6 Å². The normalized spacial score (nSPS) is 13.2. The fourth-order valence-corrected chi connectivity index (χ4v) is 5.57. The van der Waals surface area contributed by atoms with Gasteiger partial charge < -0.3 is 10.1 Å². The highest BCUT2D eigenvalue weighted by molar-refractivity contribution is 7.92. The third-order valence-corrected chi connectivity index (χ3v) is 7.63. The summed E-state index contributed by atoms with van der Waals surface area (Å²) >= 11 is 0. The van der Waals surface area contributed by atoms with E-state index in [-0.39, 0.29) is 21.7 Å². The molecule has 0 saturated carbocycles. The van der Waals surface area contributed by atoms with Gasteiger partial charge in [0.15, 0.2) is 0 Å². The number of amides is 1. The van der Waals surface area contributed by atoms with Gasteiger partial charge in [-0.05, 0) is 73.9 Å². The maximum atomic E-state index is 13.3. The molecule has 34 heavy (non-hydrogen) atoms. The number of hydrogen-bond donors (Lipinski definition) is 1. The topological polar surface area (TPSA) is 119 Å². The van der Waals surface area contributed by atoms with Crippen molar-refractivity contribution < 1.29 is 22.9 Å². The number of rotatable bonds is 6. The molecule has 0 atom stereocenters. The first kappa shape index (κ1) is 23.2. The number of carbonyl (C=O) groups excluding carboxylic acids is 1. The van der Waals surface area contributed by atoms with Gasteiger partial charge in [0, 0.05) is 29.4 Å². The average molecular weight is 482 g/mol. The Kier molecular flexibility index (Phi) is 6.25. The maximum absolute atomic E-state index is 13.3. The molecule has 9 nitrogen and oxygen atoms in total. The van der Waals surface area contributed by atoms with Crippen molar-refractivity contribution >= 4 is 33.0 Å². The van der Waals surface area contributed by atoms with Crippen LogP contribution in [0.25, 0.3) is 0 Å². The summed E-state index contributed by atoms with van der Waals surface area (Å²) in [5.41, 5.74) is 2.19. The lowest BCUT2D eigenvalue weighted by atomic mass is 10.0. The summed E-state index contributed by atoms with van der Waals surface area (Å²) < 4.78 is 33.1. The van der Waals surface area contributed by atoms with Crippen LogP contribution in [0.3, 0.4) is 0 Å². The minimum Gasteiger partial charge on any atom is -0.497 e. The number of nitro groups is 1. The monoisotopic (exact) mass is 481 g/mol. The molecule has 0 aliphatic carbocycles. The lowest BCUT2D eigenvalue weighted by Gasteiger charge is -2.31. The summed E-state index contributed by atoms with van der Waals surface area (Å²) in [5.74, 6) is 0.0945. The average Bonchev–Trinajstić information content (AvgIpc) is 2.83. The minimum absolute atomic E-state index is 0.127. The molecule has 1 aliphatic rings. The number of anilines is 2. The number of nitrogens with zero attached hydrogens (tertiary/aromatic N) is 2. The zero-order chi connectivity index (χ0) is 24.5. The number of carbonyl (C=O) groups is 1. The number of nitro benzene ring substituents is 1. The molecule has 0 bridgehead atoms. The van der Waals surface area contributed by atoms with E-state index >= 15 is 0 Å². The first-order valence-corrected chi connectivity index (χ1v) is 12.0. The molecule has 1 heterocycles. The van der Waals surface area contributed by atoms with Gasteiger partial charge in [0.25, 0.3) is 21.6 Å². The Labute approximate surface area is 197 Å². The molecule has 0 saturated heterocycles. The molecular formula is C24H23N3O6S. The number of hydrogen-bond acceptors (Lipinski definition) is 6. The molecule has 0 radical (unpaired) electrons. The van der Waals surface area contributed by atoms with Crippen LogP contribution < -0.4 is 14.4 Å². The van der Waals surface area contributed by atoms with Crippen molar-refractivity contribution in [2.75, 3.05) is 23.3 Å². The van der Waals surface area contributed by atoms with Gasteiger partial charge in [0.1, 0.15) is 5.75 Å². The first-order chi connectivity index (χ1) is 16.2. The van der Waals surface area contributed by atoms with Gasteiger partial charge in [-0.2, -0.15) is 0 Å². The molecule has 10 heteroatoms. The van der Waals surface area contributed by atoms with Crippen molar-refractivity contribution in [1.29, 1.82) is 0 Å². The van der Waals surface area contributed by atoms with Gasteiger partial charge in [0.05, 0.1) is 22.6 Å². The van der Waals surface area contributed by atoms with Crippen LogP contribution in [-0.2, 0) is 16.4 Å². The number of aryl methyl sites for hydroxylation is 1. The Bertz CT molecular complexity index is 1370. The van der Waals surface area contributed by atoms with E-state index in [0.29, 0.717) is 36.5 Å². The van der Waals surface area contributed by atoms with E-state index in [1.54, 1.807) is 30.3 Å². The Hall–Kier alpha value is -3.92. The molecule has 1 aliphatic heterocycles. The third-order valence-electron chi connectivity index (χ3n) is 5.81. The summed E-state index contributed by atoms with van der Waals surface area (Å²) in [4.78, 5) is 23.6. The fourth-order valence-electron chi connectivity index (χ4n) is 4.03. The first-order valence-electron chi connectivity index (χ1n) is 10.6. The highest BCUT2D eigenvalue weighted by Gasteiger charge is 2.29. The smallest absolute Gasteiger partial charge is 0.273 e. The molecule has 4 rings (SSSR count). The van der Waals surface area contributed by atoms with Crippen molar-refractivity contribution in [3.8, 4) is 5.75 Å². The molecule has 0 unspecified atom stereocenters. The summed E-state index contributed by atoms with van der Waals surface area (Å²) in [6.07, 6.45) is 1.29. The molecule has 1 amide bonds. The molecule has 176 valence electrons. The van der Waals surface area contributed by atoms with E-state index in [4.69, 9.17) is 4.74 Å². The minimum atomic E-state index is -3.77. The van der Waals surface area contributed by atoms with Crippen molar-refractivity contribution in [2.45, 2.75) is 24.7 Å². The SMILES string of the molecule is COc1ccc(S(=O)(=O)N2CCCc3cc(NC(=O)c4cccc([N+](=O)[O-])c4C)ccc32)cc1. The summed E-state index contributed by atoms with van der Waals surface area (Å²) in [7, 11) is -2.26. The lowest BCUT2D eigenvalue weighted by Crippen LogP contribution is -2.35. The van der Waals surface area contributed by atoms with Gasteiger partial charge in [0.2, 0.25) is 0 Å². The zero-order valence-electron chi connectivity index (χ0n) is 18.6. The van der Waals surface area contributed by atoms with Crippen molar-refractivity contribution in [3.05, 3.63) is 87.5 Å². The van der Waals surface area contributed by atoms with Crippen LogP contribution in [0.5, 0.6) is 5.75 Å². The van der Waals surface area contributed by atoms with E-state index in [2.05, 4.69) is 5.32 Å². The van der Waals surface area contributed by atoms with Gasteiger partial charge in [-0.15, -0.1) is 0 Å². The molecule has 3 aromatic rings. The second-order valence-corrected chi connectivity index (χ2v) is 9.72. The highest BCUT2D eigenvalue weighted by Crippen LogP contribution is 2.34. The van der Waals surface area contributed by atoms with Gasteiger partial charge in [-0.3, -0.25) is 19.2 Å². The lowest BCUT2D eigenvalue weighted by molar-refractivity contribution is -0.385. The summed E-state index contributed by atoms with van der Waals surface area (Å²) in [6.45, 7) is 1.88. The maximum Gasteiger partial charge on any atom is 0.273 e. The van der Waals surface area contributed by atoms with Crippen molar-refractivity contribution in [3.63, 3.8) is 0 Å². The molecule has 1 N–H and O–H groups in total. The standard InChI is InChI=1S/C24H23N3O6S/c1-16-21(6-3-7-22(16)27(29)30)24(28)25-18-8-13-23-17(15-18)5-4-14-26(23)34(31,32)20-11-9-19(33-2)10-12-20/h3,6-13,15H,4-5,14H2,1-2H3,(H,25,28). The number of fused-ring (bicyclic) bond motifs is 1. The predicted molar refractivity (Wildman–Crippen MR) is 128 cm³/mol. The number of benzene rings is 3. The molecule has 0 aromatic heterocycles. The zero-order valence-corrected chi connectivity index (χ0v) is 19.5. The third kappa shape index (κ3) is 4.32. The number of sulfonamides is 1. The Morgan fingerprint density at radius 1 is 1.12 bits per heavy atom. The highest BCUT2D eigenvalue weighted by atomic mass is 32.2. The fraction of sp³-hybridized carbons (Fsp3) is 0.208. The van der Waals surface area contributed by atoms with E-state index in [1.807, 2.05) is 0 Å². The quantitative estimate of drug-likeness (QED) is 0.414. The predicted octanol–water partition coefficient (Wildman–Crippen LogP) is 4.31. The number of ether oxygens (including phenoxy) is 1. The second-order valence-electron chi connectivity index (χ2n) is 7.86. The molecule has 0 fully saturated rings. The van der Waals surface area contributed by atoms with Gasteiger partial charge >= 0.3 is 0 Å². The van der Waals surface area contributed by atoms with E-state index in [1.165, 1.54) is 48.7 Å². The van der Waals surface area contributed by atoms with Crippen molar-refractivity contribution in [1.82, 2.24) is 0 Å². The van der Waals surface area contributed by atoms with Gasteiger partial charge in [-0.25, -0.2) is 8.42 Å². The summed E-state index contributed by atoms with van der Waals surface area (Å²) in [5, 5.41) is 13.9. The Balaban J connectivity index is 1.60. The number of methoxy groups -OCH3 is 1. The van der Waals surface area contributed by atoms with Crippen LogP contribution in [0.2, 0.25) is 0 Å². The van der Waals surface area contributed by atoms with E-state index in [9.17, 15) is 23.3 Å². The van der Waals surface area contributed by atoms with Crippen LogP contribution in [0, 0.1) is 17.0 Å². The molecule has 0 spiro atoms. The summed E-state index contributed by atoms with van der Waals surface area (Å²) in [6, 6.07) is 15.6. The van der Waals surface area contributed by atoms with Crippen LogP contribution in [-0.4, -0.2) is 32.9 Å². The van der Waals surface area contributed by atoms with Crippen LogP contribution in [0.4, 0.5) is 17.1 Å². The van der Waals surface area contributed by atoms with Crippen LogP contribution >= 0.6 is 0 Å². The van der Waals surface area contributed by atoms with E-state index < -0.39 is 20.9 Å². The number of nitrogens with one attached hydrogen (secondary N) is 1. The Morgan fingerprint density at radius 3 is 2.53 bits per heavy atom. The van der Waals surface area contributed by atoms with Crippen LogP contribution in [0.1, 0.15) is 27.9 Å².